The molecule has 0 aliphatic rings. The minimum absolute atomic E-state index is 0.540. The fourth-order valence-electron chi connectivity index (χ4n) is 1.81. The van der Waals surface area contributed by atoms with Gasteiger partial charge in [-0.2, -0.15) is 0 Å². The monoisotopic (exact) mass is 227 g/mol. The van der Waals surface area contributed by atoms with Crippen molar-refractivity contribution in [3.8, 4) is 0 Å². The Hall–Kier alpha value is -2.16. The number of rotatable bonds is 3. The van der Waals surface area contributed by atoms with Gasteiger partial charge < -0.3 is 5.11 Å². The Labute approximate surface area is 99.8 Å². The average Bonchev–Trinajstić information content (AvgIpc) is 2.39. The van der Waals surface area contributed by atoms with Gasteiger partial charge in [-0.05, 0) is 24.6 Å². The molecule has 0 spiro atoms. The van der Waals surface area contributed by atoms with Crippen LogP contribution in [-0.4, -0.2) is 16.1 Å². The Morgan fingerprint density at radius 1 is 1.12 bits per heavy atom. The normalized spacial score (nSPS) is 13.9. The second-order valence-corrected chi connectivity index (χ2v) is 4.01. The average molecular weight is 227 g/mol. The van der Waals surface area contributed by atoms with E-state index >= 15 is 0 Å². The van der Waals surface area contributed by atoms with Crippen molar-refractivity contribution in [1.29, 1.82) is 0 Å². The third-order valence-corrected chi connectivity index (χ3v) is 2.96. The van der Waals surface area contributed by atoms with E-state index in [-0.39, 0.29) is 0 Å². The predicted octanol–water partition coefficient (Wildman–Crippen LogP) is 2.47. The zero-order chi connectivity index (χ0) is 12.3. The summed E-state index contributed by atoms with van der Waals surface area (Å²) in [7, 11) is 0. The van der Waals surface area contributed by atoms with Crippen molar-refractivity contribution in [3.05, 3.63) is 66.0 Å². The van der Waals surface area contributed by atoms with Gasteiger partial charge in [0.15, 0.2) is 0 Å². The van der Waals surface area contributed by atoms with E-state index in [0.29, 0.717) is 5.69 Å². The first-order valence-electron chi connectivity index (χ1n) is 5.36. The Bertz CT molecular complexity index is 469. The standard InChI is InChI=1S/C14H13NO2/c1-14(13(16)17,11-7-3-2-4-8-11)12-9-5-6-10-15-12/h2-10H,1H3,(H,16,17). The van der Waals surface area contributed by atoms with Gasteiger partial charge in [0.05, 0.1) is 5.69 Å². The number of aromatic nitrogens is 1. The molecule has 0 saturated carbocycles. The molecular formula is C14H13NO2. The van der Waals surface area contributed by atoms with Crippen LogP contribution in [0.4, 0.5) is 0 Å². The van der Waals surface area contributed by atoms with Crippen molar-refractivity contribution in [2.45, 2.75) is 12.3 Å². The highest BCUT2D eigenvalue weighted by molar-refractivity contribution is 5.84. The minimum atomic E-state index is -1.11. The summed E-state index contributed by atoms with van der Waals surface area (Å²) in [5.74, 6) is -0.901. The molecule has 3 nitrogen and oxygen atoms in total. The highest BCUT2D eigenvalue weighted by Crippen LogP contribution is 2.30. The molecule has 0 aliphatic heterocycles. The quantitative estimate of drug-likeness (QED) is 0.876. The van der Waals surface area contributed by atoms with Gasteiger partial charge in [-0.15, -0.1) is 0 Å². The first kappa shape index (κ1) is 11.3. The van der Waals surface area contributed by atoms with Crippen LogP contribution in [0.3, 0.4) is 0 Å². The molecule has 1 N–H and O–H groups in total. The maximum Gasteiger partial charge on any atom is 0.319 e. The number of carbonyl (C=O) groups is 1. The lowest BCUT2D eigenvalue weighted by molar-refractivity contribution is -0.141. The predicted molar refractivity (Wildman–Crippen MR) is 64.8 cm³/mol. The highest BCUT2D eigenvalue weighted by atomic mass is 16.4. The van der Waals surface area contributed by atoms with Crippen LogP contribution in [0.15, 0.2) is 54.7 Å². The van der Waals surface area contributed by atoms with Crippen molar-refractivity contribution < 1.29 is 9.90 Å². The Balaban J connectivity index is 2.59. The first-order valence-corrected chi connectivity index (χ1v) is 5.36. The van der Waals surface area contributed by atoms with E-state index < -0.39 is 11.4 Å². The zero-order valence-corrected chi connectivity index (χ0v) is 9.50. The SMILES string of the molecule is CC(C(=O)O)(c1ccccc1)c1ccccn1. The van der Waals surface area contributed by atoms with Crippen molar-refractivity contribution >= 4 is 5.97 Å². The number of carboxylic acids is 1. The molecule has 0 aliphatic carbocycles. The van der Waals surface area contributed by atoms with E-state index in [1.807, 2.05) is 30.3 Å². The van der Waals surface area contributed by atoms with Crippen LogP contribution in [0.2, 0.25) is 0 Å². The molecule has 0 fully saturated rings. The summed E-state index contributed by atoms with van der Waals surface area (Å²) in [5.41, 5.74) is 0.160. The second-order valence-electron chi connectivity index (χ2n) is 4.01. The summed E-state index contributed by atoms with van der Waals surface area (Å²) >= 11 is 0. The van der Waals surface area contributed by atoms with Crippen LogP contribution in [0.1, 0.15) is 18.2 Å². The maximum atomic E-state index is 11.6. The third-order valence-electron chi connectivity index (χ3n) is 2.96. The number of aliphatic carboxylic acids is 1. The van der Waals surface area contributed by atoms with Crippen LogP contribution in [-0.2, 0) is 10.2 Å². The van der Waals surface area contributed by atoms with Crippen molar-refractivity contribution in [3.63, 3.8) is 0 Å². The van der Waals surface area contributed by atoms with E-state index in [4.69, 9.17) is 0 Å². The topological polar surface area (TPSA) is 50.2 Å². The lowest BCUT2D eigenvalue weighted by Gasteiger charge is -2.24. The summed E-state index contributed by atoms with van der Waals surface area (Å²) < 4.78 is 0. The van der Waals surface area contributed by atoms with Gasteiger partial charge in [0, 0.05) is 6.20 Å². The van der Waals surface area contributed by atoms with E-state index in [0.717, 1.165) is 5.56 Å². The molecule has 0 amide bonds. The summed E-state index contributed by atoms with van der Waals surface area (Å²) in [6.07, 6.45) is 1.61. The van der Waals surface area contributed by atoms with Gasteiger partial charge in [0.2, 0.25) is 0 Å². The van der Waals surface area contributed by atoms with E-state index in [2.05, 4.69) is 4.98 Å². The summed E-state index contributed by atoms with van der Waals surface area (Å²) in [6, 6.07) is 14.5. The number of pyridine rings is 1. The molecule has 1 aromatic heterocycles. The summed E-state index contributed by atoms with van der Waals surface area (Å²) in [5, 5.41) is 9.50. The van der Waals surface area contributed by atoms with Gasteiger partial charge in [-0.25, -0.2) is 0 Å². The Kier molecular flexibility index (Phi) is 2.91. The minimum Gasteiger partial charge on any atom is -0.480 e. The second kappa shape index (κ2) is 4.37. The smallest absolute Gasteiger partial charge is 0.319 e. The molecule has 17 heavy (non-hydrogen) atoms. The Morgan fingerprint density at radius 3 is 2.29 bits per heavy atom. The van der Waals surface area contributed by atoms with E-state index in [1.54, 1.807) is 31.3 Å². The van der Waals surface area contributed by atoms with Gasteiger partial charge in [-0.1, -0.05) is 36.4 Å². The van der Waals surface area contributed by atoms with Crippen LogP contribution < -0.4 is 0 Å². The molecule has 1 aromatic carbocycles. The molecule has 1 heterocycles. The number of nitrogens with zero attached hydrogens (tertiary/aromatic N) is 1. The molecular weight excluding hydrogens is 214 g/mol. The fraction of sp³-hybridized carbons (Fsp3) is 0.143. The molecule has 2 rings (SSSR count). The van der Waals surface area contributed by atoms with Gasteiger partial charge in [0.1, 0.15) is 5.41 Å². The van der Waals surface area contributed by atoms with Crippen LogP contribution >= 0.6 is 0 Å². The number of carboxylic acid groups (broad SMARTS) is 1. The molecule has 1 unspecified atom stereocenters. The number of hydrogen-bond acceptors (Lipinski definition) is 2. The maximum absolute atomic E-state index is 11.6. The summed E-state index contributed by atoms with van der Waals surface area (Å²) in [4.78, 5) is 15.7. The van der Waals surface area contributed by atoms with Crippen LogP contribution in [0.25, 0.3) is 0 Å². The van der Waals surface area contributed by atoms with Gasteiger partial charge in [0.25, 0.3) is 0 Å². The van der Waals surface area contributed by atoms with Crippen molar-refractivity contribution in [1.82, 2.24) is 4.98 Å². The first-order chi connectivity index (χ1) is 8.15. The zero-order valence-electron chi connectivity index (χ0n) is 9.50. The number of hydrogen-bond donors (Lipinski definition) is 1. The lowest BCUT2D eigenvalue weighted by atomic mass is 9.79. The van der Waals surface area contributed by atoms with E-state index in [1.165, 1.54) is 0 Å². The third kappa shape index (κ3) is 1.91. The van der Waals surface area contributed by atoms with Crippen LogP contribution in [0, 0.1) is 0 Å². The molecule has 0 bridgehead atoms. The van der Waals surface area contributed by atoms with Crippen LogP contribution in [0.5, 0.6) is 0 Å². The van der Waals surface area contributed by atoms with Crippen molar-refractivity contribution in [2.24, 2.45) is 0 Å². The lowest BCUT2D eigenvalue weighted by Crippen LogP contribution is -2.34. The molecule has 86 valence electrons. The number of benzene rings is 1. The summed E-state index contributed by atoms with van der Waals surface area (Å²) in [6.45, 7) is 1.67. The molecule has 0 saturated heterocycles. The van der Waals surface area contributed by atoms with Gasteiger partial charge in [-0.3, -0.25) is 9.78 Å². The molecule has 1 atom stereocenters. The molecule has 2 aromatic rings. The largest absolute Gasteiger partial charge is 0.480 e. The Morgan fingerprint density at radius 2 is 1.76 bits per heavy atom. The van der Waals surface area contributed by atoms with E-state index in [9.17, 15) is 9.90 Å². The van der Waals surface area contributed by atoms with Gasteiger partial charge >= 0.3 is 5.97 Å². The molecule has 0 radical (unpaired) electrons. The molecule has 3 heteroatoms. The van der Waals surface area contributed by atoms with Crippen molar-refractivity contribution in [2.75, 3.05) is 0 Å². The highest BCUT2D eigenvalue weighted by Gasteiger charge is 2.38. The fourth-order valence-corrected chi connectivity index (χ4v) is 1.81.